The van der Waals surface area contributed by atoms with Crippen LogP contribution in [0.4, 0.5) is 23.1 Å². The number of aromatic nitrogens is 3. The highest BCUT2D eigenvalue weighted by Crippen LogP contribution is 2.24. The molecule has 176 valence electrons. The van der Waals surface area contributed by atoms with Crippen LogP contribution in [0.3, 0.4) is 0 Å². The van der Waals surface area contributed by atoms with Gasteiger partial charge in [0.25, 0.3) is 0 Å². The third-order valence-corrected chi connectivity index (χ3v) is 6.89. The standard InChI is InChI=1S/C24H26N6O3S/c1-17-15-23(27-24(25-17)30-13-5-2-6-14-30)26-18-9-11-19(12-10-18)29-34(31,32)16-21-20-7-3-4-8-22(20)33-28-21/h3-4,7-12,15,29H,2,5-6,13-14,16H2,1H3,(H,25,26,27). The zero-order valence-electron chi connectivity index (χ0n) is 18.9. The van der Waals surface area contributed by atoms with Gasteiger partial charge in [-0.3, -0.25) is 4.72 Å². The molecule has 3 heterocycles. The smallest absolute Gasteiger partial charge is 0.238 e. The normalized spacial score (nSPS) is 14.3. The predicted molar refractivity (Wildman–Crippen MR) is 133 cm³/mol. The number of nitrogens with zero attached hydrogens (tertiary/aromatic N) is 4. The number of nitrogens with one attached hydrogen (secondary N) is 2. The number of hydrogen-bond acceptors (Lipinski definition) is 8. The van der Waals surface area contributed by atoms with E-state index < -0.39 is 10.0 Å². The Morgan fingerprint density at radius 1 is 0.971 bits per heavy atom. The molecule has 2 aromatic carbocycles. The molecule has 34 heavy (non-hydrogen) atoms. The average Bonchev–Trinajstić information content (AvgIpc) is 3.22. The fraction of sp³-hybridized carbons (Fsp3) is 0.292. The Labute approximate surface area is 198 Å². The van der Waals surface area contributed by atoms with Crippen LogP contribution in [0.5, 0.6) is 0 Å². The summed E-state index contributed by atoms with van der Waals surface area (Å²) in [6.07, 6.45) is 3.56. The number of aryl methyl sites for hydroxylation is 1. The molecule has 0 unspecified atom stereocenters. The summed E-state index contributed by atoms with van der Waals surface area (Å²) in [6, 6.07) is 16.1. The van der Waals surface area contributed by atoms with Crippen LogP contribution in [-0.2, 0) is 15.8 Å². The summed E-state index contributed by atoms with van der Waals surface area (Å²) in [5.74, 6) is 1.18. The fourth-order valence-electron chi connectivity index (χ4n) is 4.06. The SMILES string of the molecule is Cc1cc(Nc2ccc(NS(=O)(=O)Cc3noc4ccccc34)cc2)nc(N2CCCCC2)n1. The summed E-state index contributed by atoms with van der Waals surface area (Å²) in [5.41, 5.74) is 3.10. The second-order valence-corrected chi connectivity index (χ2v) is 10.2. The molecular weight excluding hydrogens is 452 g/mol. The Morgan fingerprint density at radius 3 is 2.50 bits per heavy atom. The van der Waals surface area contributed by atoms with Crippen LogP contribution in [0.1, 0.15) is 30.7 Å². The average molecular weight is 479 g/mol. The van der Waals surface area contributed by atoms with Crippen molar-refractivity contribution in [3.8, 4) is 0 Å². The van der Waals surface area contributed by atoms with Gasteiger partial charge < -0.3 is 14.7 Å². The van der Waals surface area contributed by atoms with Crippen molar-refractivity contribution in [3.63, 3.8) is 0 Å². The van der Waals surface area contributed by atoms with Crippen molar-refractivity contribution in [2.45, 2.75) is 31.9 Å². The minimum atomic E-state index is -3.66. The monoisotopic (exact) mass is 478 g/mol. The fourth-order valence-corrected chi connectivity index (χ4v) is 5.20. The molecule has 4 aromatic rings. The molecule has 1 saturated heterocycles. The number of rotatable bonds is 7. The van der Waals surface area contributed by atoms with Gasteiger partial charge in [0.05, 0.1) is 0 Å². The van der Waals surface area contributed by atoms with E-state index in [1.165, 1.54) is 6.42 Å². The van der Waals surface area contributed by atoms with Gasteiger partial charge in [0.2, 0.25) is 16.0 Å². The van der Waals surface area contributed by atoms with Gasteiger partial charge >= 0.3 is 0 Å². The lowest BCUT2D eigenvalue weighted by atomic mass is 10.1. The van der Waals surface area contributed by atoms with Crippen molar-refractivity contribution in [3.05, 3.63) is 66.0 Å². The quantitative estimate of drug-likeness (QED) is 0.396. The first-order valence-electron chi connectivity index (χ1n) is 11.3. The molecule has 1 fully saturated rings. The van der Waals surface area contributed by atoms with Crippen molar-refractivity contribution >= 4 is 44.1 Å². The van der Waals surface area contributed by atoms with Crippen molar-refractivity contribution in [2.24, 2.45) is 0 Å². The molecule has 0 saturated carbocycles. The van der Waals surface area contributed by atoms with Gasteiger partial charge in [0.1, 0.15) is 17.3 Å². The lowest BCUT2D eigenvalue weighted by molar-refractivity contribution is 0.448. The topological polar surface area (TPSA) is 113 Å². The first kappa shape index (κ1) is 22.1. The lowest BCUT2D eigenvalue weighted by Crippen LogP contribution is -2.31. The highest BCUT2D eigenvalue weighted by atomic mass is 32.2. The maximum atomic E-state index is 12.7. The summed E-state index contributed by atoms with van der Waals surface area (Å²) in [7, 11) is -3.66. The summed E-state index contributed by atoms with van der Waals surface area (Å²) in [5, 5.41) is 7.90. The van der Waals surface area contributed by atoms with Gasteiger partial charge in [-0.05, 0) is 62.6 Å². The minimum absolute atomic E-state index is 0.274. The Morgan fingerprint density at radius 2 is 1.71 bits per heavy atom. The van der Waals surface area contributed by atoms with Crippen molar-refractivity contribution in [1.29, 1.82) is 0 Å². The second-order valence-electron chi connectivity index (χ2n) is 8.43. The molecule has 9 nitrogen and oxygen atoms in total. The number of anilines is 4. The van der Waals surface area contributed by atoms with Crippen molar-refractivity contribution in [2.75, 3.05) is 28.0 Å². The number of benzene rings is 2. The van der Waals surface area contributed by atoms with Crippen molar-refractivity contribution < 1.29 is 12.9 Å². The van der Waals surface area contributed by atoms with Crippen LogP contribution in [-0.4, -0.2) is 36.6 Å². The molecule has 1 aliphatic heterocycles. The van der Waals surface area contributed by atoms with E-state index in [9.17, 15) is 8.42 Å². The molecule has 0 bridgehead atoms. The summed E-state index contributed by atoms with van der Waals surface area (Å²) >= 11 is 0. The van der Waals surface area contributed by atoms with E-state index in [0.717, 1.165) is 43.3 Å². The number of para-hydroxylation sites is 1. The van der Waals surface area contributed by atoms with E-state index in [2.05, 4.69) is 30.1 Å². The van der Waals surface area contributed by atoms with Crippen LogP contribution in [0.2, 0.25) is 0 Å². The number of sulfonamides is 1. The molecule has 0 amide bonds. The van der Waals surface area contributed by atoms with Gasteiger partial charge in [-0.2, -0.15) is 4.98 Å². The third kappa shape index (κ3) is 5.12. The van der Waals surface area contributed by atoms with Gasteiger partial charge in [0, 0.05) is 41.6 Å². The molecule has 10 heteroatoms. The van der Waals surface area contributed by atoms with E-state index in [1.54, 1.807) is 36.4 Å². The van der Waals surface area contributed by atoms with Crippen LogP contribution in [0, 0.1) is 6.92 Å². The first-order chi connectivity index (χ1) is 16.4. The van der Waals surface area contributed by atoms with Crippen LogP contribution < -0.4 is 14.9 Å². The number of piperidine rings is 1. The van der Waals surface area contributed by atoms with E-state index in [1.807, 2.05) is 25.1 Å². The third-order valence-electron chi connectivity index (χ3n) is 5.69. The summed E-state index contributed by atoms with van der Waals surface area (Å²) < 4.78 is 33.2. The molecule has 1 aliphatic rings. The number of fused-ring (bicyclic) bond motifs is 1. The van der Waals surface area contributed by atoms with Gasteiger partial charge in [-0.25, -0.2) is 13.4 Å². The van der Waals surface area contributed by atoms with E-state index in [4.69, 9.17) is 4.52 Å². The molecule has 2 N–H and O–H groups in total. The molecule has 5 rings (SSSR count). The molecular formula is C24H26N6O3S. The minimum Gasteiger partial charge on any atom is -0.356 e. The second kappa shape index (κ2) is 9.30. The van der Waals surface area contributed by atoms with Crippen LogP contribution in [0.25, 0.3) is 11.0 Å². The molecule has 2 aromatic heterocycles. The molecule has 0 spiro atoms. The number of hydrogen-bond donors (Lipinski definition) is 2. The summed E-state index contributed by atoms with van der Waals surface area (Å²) in [6.45, 7) is 3.90. The van der Waals surface area contributed by atoms with Crippen molar-refractivity contribution in [1.82, 2.24) is 15.1 Å². The first-order valence-corrected chi connectivity index (χ1v) is 12.9. The Hall–Kier alpha value is -3.66. The molecule has 0 radical (unpaired) electrons. The van der Waals surface area contributed by atoms with Gasteiger partial charge in [0.15, 0.2) is 5.58 Å². The zero-order valence-corrected chi connectivity index (χ0v) is 19.7. The summed E-state index contributed by atoms with van der Waals surface area (Å²) in [4.78, 5) is 11.5. The Kier molecular flexibility index (Phi) is 6.06. The van der Waals surface area contributed by atoms with E-state index in [-0.39, 0.29) is 5.75 Å². The van der Waals surface area contributed by atoms with Gasteiger partial charge in [-0.15, -0.1) is 0 Å². The maximum Gasteiger partial charge on any atom is 0.238 e. The van der Waals surface area contributed by atoms with E-state index in [0.29, 0.717) is 28.2 Å². The van der Waals surface area contributed by atoms with E-state index >= 15 is 0 Å². The predicted octanol–water partition coefficient (Wildman–Crippen LogP) is 4.60. The van der Waals surface area contributed by atoms with Crippen LogP contribution >= 0.6 is 0 Å². The molecule has 0 atom stereocenters. The van der Waals surface area contributed by atoms with Gasteiger partial charge in [-0.1, -0.05) is 17.3 Å². The largest absolute Gasteiger partial charge is 0.356 e. The highest BCUT2D eigenvalue weighted by molar-refractivity contribution is 7.91. The molecule has 0 aliphatic carbocycles. The zero-order chi connectivity index (χ0) is 23.5. The Bertz CT molecular complexity index is 1400. The van der Waals surface area contributed by atoms with Crippen LogP contribution in [0.15, 0.2) is 59.1 Å². The lowest BCUT2D eigenvalue weighted by Gasteiger charge is -2.27. The maximum absolute atomic E-state index is 12.7. The highest BCUT2D eigenvalue weighted by Gasteiger charge is 2.18. The Balaban J connectivity index is 1.26.